The lowest BCUT2D eigenvalue weighted by atomic mass is 10.2. The summed E-state index contributed by atoms with van der Waals surface area (Å²) in [6, 6.07) is 6.32. The summed E-state index contributed by atoms with van der Waals surface area (Å²) in [5.74, 6) is 0.593. The van der Waals surface area contributed by atoms with Gasteiger partial charge in [0.25, 0.3) is 5.69 Å². The van der Waals surface area contributed by atoms with Crippen LogP contribution in [0.1, 0.15) is 0 Å². The van der Waals surface area contributed by atoms with E-state index in [2.05, 4.69) is 10.2 Å². The number of nitrogens with zero attached hydrogens (tertiary/aromatic N) is 4. The zero-order valence-corrected chi connectivity index (χ0v) is 9.81. The van der Waals surface area contributed by atoms with Gasteiger partial charge in [0, 0.05) is 31.4 Å². The minimum Gasteiger partial charge on any atom is -0.383 e. The summed E-state index contributed by atoms with van der Waals surface area (Å²) in [6.07, 6.45) is 1.58. The first-order valence-corrected chi connectivity index (χ1v) is 5.34. The highest BCUT2D eigenvalue weighted by molar-refractivity contribution is 5.59. The van der Waals surface area contributed by atoms with Gasteiger partial charge < -0.3 is 9.30 Å². The molecular formula is C11H12N4O3. The lowest BCUT2D eigenvalue weighted by Crippen LogP contribution is -2.05. The standard InChI is InChI=1S/C11H12N4O3/c1-18-6-5-14-8-12-13-11(14)9-3-2-4-10(7-9)15(16)17/h2-4,7-8H,5-6H2,1H3. The van der Waals surface area contributed by atoms with Gasteiger partial charge in [0.05, 0.1) is 11.5 Å². The molecule has 0 atom stereocenters. The molecule has 0 radical (unpaired) electrons. The topological polar surface area (TPSA) is 83.1 Å². The van der Waals surface area contributed by atoms with Crippen LogP contribution in [-0.4, -0.2) is 33.4 Å². The molecular weight excluding hydrogens is 236 g/mol. The first-order valence-electron chi connectivity index (χ1n) is 5.34. The van der Waals surface area contributed by atoms with Crippen molar-refractivity contribution in [3.63, 3.8) is 0 Å². The number of rotatable bonds is 5. The van der Waals surface area contributed by atoms with Gasteiger partial charge >= 0.3 is 0 Å². The fourth-order valence-corrected chi connectivity index (χ4v) is 1.59. The number of nitro benzene ring substituents is 1. The molecule has 0 fully saturated rings. The second-order valence-corrected chi connectivity index (χ2v) is 3.65. The highest BCUT2D eigenvalue weighted by Gasteiger charge is 2.11. The second-order valence-electron chi connectivity index (χ2n) is 3.65. The molecule has 0 aliphatic carbocycles. The average Bonchev–Trinajstić information content (AvgIpc) is 2.84. The predicted molar refractivity (Wildman–Crippen MR) is 64.0 cm³/mol. The van der Waals surface area contributed by atoms with E-state index in [0.717, 1.165) is 0 Å². The van der Waals surface area contributed by atoms with Crippen molar-refractivity contribution in [3.8, 4) is 11.4 Å². The van der Waals surface area contributed by atoms with Crippen LogP contribution in [0.5, 0.6) is 0 Å². The molecule has 0 saturated heterocycles. The van der Waals surface area contributed by atoms with Crippen LogP contribution in [-0.2, 0) is 11.3 Å². The van der Waals surface area contributed by atoms with Crippen LogP contribution in [0.3, 0.4) is 0 Å². The van der Waals surface area contributed by atoms with Gasteiger partial charge in [-0.2, -0.15) is 0 Å². The number of benzene rings is 1. The van der Waals surface area contributed by atoms with Gasteiger partial charge in [0.2, 0.25) is 0 Å². The quantitative estimate of drug-likeness (QED) is 0.591. The zero-order valence-electron chi connectivity index (χ0n) is 9.81. The molecule has 0 amide bonds. The summed E-state index contributed by atoms with van der Waals surface area (Å²) < 4.78 is 6.78. The first kappa shape index (κ1) is 12.2. The second kappa shape index (κ2) is 5.37. The van der Waals surface area contributed by atoms with Gasteiger partial charge in [-0.05, 0) is 0 Å². The molecule has 0 spiro atoms. The Hall–Kier alpha value is -2.28. The fraction of sp³-hybridized carbons (Fsp3) is 0.273. The molecule has 0 bridgehead atoms. The van der Waals surface area contributed by atoms with E-state index in [9.17, 15) is 10.1 Å². The first-order chi connectivity index (χ1) is 8.72. The summed E-state index contributed by atoms with van der Waals surface area (Å²) in [5, 5.41) is 18.5. The van der Waals surface area contributed by atoms with Crippen molar-refractivity contribution in [2.24, 2.45) is 0 Å². The third-order valence-electron chi connectivity index (χ3n) is 2.47. The Bertz CT molecular complexity index is 553. The van der Waals surface area contributed by atoms with E-state index in [4.69, 9.17) is 4.74 Å². The van der Waals surface area contributed by atoms with Gasteiger partial charge in [0.15, 0.2) is 5.82 Å². The van der Waals surface area contributed by atoms with Crippen LogP contribution in [0.25, 0.3) is 11.4 Å². The Kier molecular flexibility index (Phi) is 3.63. The van der Waals surface area contributed by atoms with Crippen LogP contribution in [0.15, 0.2) is 30.6 Å². The van der Waals surface area contributed by atoms with E-state index < -0.39 is 4.92 Å². The molecule has 0 unspecified atom stereocenters. The van der Waals surface area contributed by atoms with Crippen molar-refractivity contribution in [1.82, 2.24) is 14.8 Å². The van der Waals surface area contributed by atoms with E-state index in [1.54, 1.807) is 30.1 Å². The molecule has 2 aromatic rings. The molecule has 2 rings (SSSR count). The third kappa shape index (κ3) is 2.51. The van der Waals surface area contributed by atoms with Crippen molar-refractivity contribution in [2.75, 3.05) is 13.7 Å². The molecule has 0 aliphatic heterocycles. The van der Waals surface area contributed by atoms with Gasteiger partial charge in [-0.25, -0.2) is 0 Å². The summed E-state index contributed by atoms with van der Waals surface area (Å²) in [6.45, 7) is 1.13. The van der Waals surface area contributed by atoms with Crippen molar-refractivity contribution in [1.29, 1.82) is 0 Å². The molecule has 1 aromatic heterocycles. The zero-order chi connectivity index (χ0) is 13.0. The fourth-order valence-electron chi connectivity index (χ4n) is 1.59. The largest absolute Gasteiger partial charge is 0.383 e. The Morgan fingerprint density at radius 3 is 3.06 bits per heavy atom. The number of aromatic nitrogens is 3. The minimum atomic E-state index is -0.431. The number of hydrogen-bond acceptors (Lipinski definition) is 5. The number of hydrogen-bond donors (Lipinski definition) is 0. The van der Waals surface area contributed by atoms with E-state index in [-0.39, 0.29) is 5.69 Å². The van der Waals surface area contributed by atoms with Crippen molar-refractivity contribution >= 4 is 5.69 Å². The summed E-state index contributed by atoms with van der Waals surface area (Å²) in [7, 11) is 1.61. The molecule has 0 N–H and O–H groups in total. The molecule has 7 heteroatoms. The third-order valence-corrected chi connectivity index (χ3v) is 2.47. The molecule has 1 aromatic carbocycles. The molecule has 18 heavy (non-hydrogen) atoms. The lowest BCUT2D eigenvalue weighted by Gasteiger charge is -2.05. The van der Waals surface area contributed by atoms with E-state index in [1.165, 1.54) is 12.1 Å². The van der Waals surface area contributed by atoms with Crippen molar-refractivity contribution in [2.45, 2.75) is 6.54 Å². The van der Waals surface area contributed by atoms with Crippen LogP contribution in [0, 0.1) is 10.1 Å². The van der Waals surface area contributed by atoms with Gasteiger partial charge in [0.1, 0.15) is 6.33 Å². The monoisotopic (exact) mass is 248 g/mol. The average molecular weight is 248 g/mol. The van der Waals surface area contributed by atoms with E-state index in [0.29, 0.717) is 24.5 Å². The maximum absolute atomic E-state index is 10.7. The Labute approximate surface area is 103 Å². The predicted octanol–water partition coefficient (Wildman–Crippen LogP) is 1.50. The summed E-state index contributed by atoms with van der Waals surface area (Å²) >= 11 is 0. The Morgan fingerprint density at radius 1 is 1.50 bits per heavy atom. The molecule has 0 aliphatic rings. The van der Waals surface area contributed by atoms with Gasteiger partial charge in [-0.1, -0.05) is 12.1 Å². The molecule has 7 nitrogen and oxygen atoms in total. The Balaban J connectivity index is 2.33. The SMILES string of the molecule is COCCn1cnnc1-c1cccc([N+](=O)[O-])c1. The van der Waals surface area contributed by atoms with Crippen LogP contribution >= 0.6 is 0 Å². The van der Waals surface area contributed by atoms with E-state index >= 15 is 0 Å². The summed E-state index contributed by atoms with van der Waals surface area (Å²) in [4.78, 5) is 10.3. The molecule has 0 saturated carbocycles. The highest BCUT2D eigenvalue weighted by Crippen LogP contribution is 2.21. The van der Waals surface area contributed by atoms with E-state index in [1.807, 2.05) is 0 Å². The number of ether oxygens (including phenoxy) is 1. The van der Waals surface area contributed by atoms with Crippen LogP contribution in [0.2, 0.25) is 0 Å². The van der Waals surface area contributed by atoms with Gasteiger partial charge in [-0.3, -0.25) is 10.1 Å². The summed E-state index contributed by atoms with van der Waals surface area (Å²) in [5.41, 5.74) is 0.701. The smallest absolute Gasteiger partial charge is 0.270 e. The minimum absolute atomic E-state index is 0.0359. The van der Waals surface area contributed by atoms with Crippen LogP contribution < -0.4 is 0 Å². The molecule has 94 valence electrons. The number of methoxy groups -OCH3 is 1. The Morgan fingerprint density at radius 2 is 2.33 bits per heavy atom. The van der Waals surface area contributed by atoms with Crippen molar-refractivity contribution < 1.29 is 9.66 Å². The highest BCUT2D eigenvalue weighted by atomic mass is 16.6. The van der Waals surface area contributed by atoms with Crippen molar-refractivity contribution in [3.05, 3.63) is 40.7 Å². The maximum Gasteiger partial charge on any atom is 0.270 e. The number of non-ortho nitro benzene ring substituents is 1. The normalized spacial score (nSPS) is 10.5. The van der Waals surface area contributed by atoms with Gasteiger partial charge in [-0.15, -0.1) is 10.2 Å². The molecule has 1 heterocycles. The van der Waals surface area contributed by atoms with Crippen LogP contribution in [0.4, 0.5) is 5.69 Å². The number of nitro groups is 1. The maximum atomic E-state index is 10.7. The lowest BCUT2D eigenvalue weighted by molar-refractivity contribution is -0.384.